The molecule has 1 aromatic carbocycles. The van der Waals surface area contributed by atoms with Crippen LogP contribution in [0.25, 0.3) is 0 Å². The van der Waals surface area contributed by atoms with Crippen molar-refractivity contribution in [3.8, 4) is 0 Å². The third kappa shape index (κ3) is 6.04. The van der Waals surface area contributed by atoms with E-state index < -0.39 is 5.97 Å². The summed E-state index contributed by atoms with van der Waals surface area (Å²) < 4.78 is 0. The summed E-state index contributed by atoms with van der Waals surface area (Å²) in [5.41, 5.74) is 6.50. The number of hydrogen-bond donors (Lipinski definition) is 3. The zero-order valence-corrected chi connectivity index (χ0v) is 12.8. The number of rotatable bonds is 8. The number of carboxylic acids is 1. The summed E-state index contributed by atoms with van der Waals surface area (Å²) in [5, 5.41) is 11.8. The highest BCUT2D eigenvalue weighted by molar-refractivity contribution is 6.33. The van der Waals surface area contributed by atoms with E-state index in [2.05, 4.69) is 5.32 Å². The molecular weight excluding hydrogens is 292 g/mol. The number of carbonyl (C=O) groups excluding carboxylic acids is 1. The first kappa shape index (κ1) is 17.3. The standard InChI is InChI=1S/C15H21ClN2O3/c1-2-10(3-6-14(19)20)7-8-18-15(21)11-4-5-13(17)12(16)9-11/h4-5,9-10H,2-3,6-8,17H2,1H3,(H,18,21)(H,19,20). The molecule has 0 aliphatic carbocycles. The quantitative estimate of drug-likeness (QED) is 0.643. The van der Waals surface area contributed by atoms with Crippen molar-refractivity contribution in [2.24, 2.45) is 5.92 Å². The fourth-order valence-electron chi connectivity index (χ4n) is 2.04. The van der Waals surface area contributed by atoms with Crippen LogP contribution in [-0.2, 0) is 4.79 Å². The number of halogens is 1. The Morgan fingerprint density at radius 3 is 2.67 bits per heavy atom. The Kier molecular flexibility index (Phi) is 7.02. The third-order valence-electron chi connectivity index (χ3n) is 3.44. The lowest BCUT2D eigenvalue weighted by Gasteiger charge is -2.14. The Balaban J connectivity index is 2.41. The predicted octanol–water partition coefficient (Wildman–Crippen LogP) is 2.93. The molecule has 6 heteroatoms. The summed E-state index contributed by atoms with van der Waals surface area (Å²) in [7, 11) is 0. The fraction of sp³-hybridized carbons (Fsp3) is 0.467. The van der Waals surface area contributed by atoms with Gasteiger partial charge >= 0.3 is 5.97 Å². The molecular formula is C15H21ClN2O3. The summed E-state index contributed by atoms with van der Waals surface area (Å²) in [4.78, 5) is 22.5. The summed E-state index contributed by atoms with van der Waals surface area (Å²) in [6.07, 6.45) is 2.46. The van der Waals surface area contributed by atoms with Gasteiger partial charge in [0.05, 0.1) is 10.7 Å². The summed E-state index contributed by atoms with van der Waals surface area (Å²) in [6, 6.07) is 4.76. The van der Waals surface area contributed by atoms with Crippen LogP contribution in [0.2, 0.25) is 5.02 Å². The van der Waals surface area contributed by atoms with E-state index in [0.717, 1.165) is 12.8 Å². The Labute approximate surface area is 129 Å². The van der Waals surface area contributed by atoms with Crippen molar-refractivity contribution in [3.05, 3.63) is 28.8 Å². The lowest BCUT2D eigenvalue weighted by molar-refractivity contribution is -0.137. The van der Waals surface area contributed by atoms with Gasteiger partial charge in [0, 0.05) is 18.5 Å². The SMILES string of the molecule is CCC(CCNC(=O)c1ccc(N)c(Cl)c1)CCC(=O)O. The van der Waals surface area contributed by atoms with Crippen LogP contribution in [0.4, 0.5) is 5.69 Å². The molecule has 0 heterocycles. The van der Waals surface area contributed by atoms with Gasteiger partial charge in [-0.25, -0.2) is 0 Å². The molecule has 0 aliphatic rings. The highest BCUT2D eigenvalue weighted by atomic mass is 35.5. The van der Waals surface area contributed by atoms with Crippen molar-refractivity contribution >= 4 is 29.2 Å². The van der Waals surface area contributed by atoms with Gasteiger partial charge in [-0.2, -0.15) is 0 Å². The summed E-state index contributed by atoms with van der Waals surface area (Å²) in [6.45, 7) is 2.53. The molecule has 0 saturated heterocycles. The van der Waals surface area contributed by atoms with Gasteiger partial charge < -0.3 is 16.2 Å². The number of nitrogens with one attached hydrogen (secondary N) is 1. The van der Waals surface area contributed by atoms with Crippen LogP contribution in [0, 0.1) is 5.92 Å². The molecule has 116 valence electrons. The summed E-state index contributed by atoms with van der Waals surface area (Å²) in [5.74, 6) is -0.685. The van der Waals surface area contributed by atoms with Crippen molar-refractivity contribution in [1.29, 1.82) is 0 Å². The van der Waals surface area contributed by atoms with Crippen LogP contribution < -0.4 is 11.1 Å². The lowest BCUT2D eigenvalue weighted by atomic mass is 9.96. The van der Waals surface area contributed by atoms with E-state index in [0.29, 0.717) is 35.2 Å². The number of carbonyl (C=O) groups is 2. The number of carboxylic acid groups (broad SMARTS) is 1. The predicted molar refractivity (Wildman–Crippen MR) is 83.5 cm³/mol. The van der Waals surface area contributed by atoms with E-state index in [9.17, 15) is 9.59 Å². The van der Waals surface area contributed by atoms with Gasteiger partial charge in [-0.05, 0) is 37.0 Å². The molecule has 0 radical (unpaired) electrons. The minimum atomic E-state index is -0.783. The highest BCUT2D eigenvalue weighted by Gasteiger charge is 2.11. The number of aliphatic carboxylic acids is 1. The number of hydrogen-bond acceptors (Lipinski definition) is 3. The van der Waals surface area contributed by atoms with Gasteiger partial charge in [0.25, 0.3) is 5.91 Å². The molecule has 1 amide bonds. The largest absolute Gasteiger partial charge is 0.481 e. The maximum Gasteiger partial charge on any atom is 0.303 e. The van der Waals surface area contributed by atoms with E-state index in [4.69, 9.17) is 22.4 Å². The van der Waals surface area contributed by atoms with E-state index in [1.807, 2.05) is 6.92 Å². The zero-order valence-electron chi connectivity index (χ0n) is 12.1. The third-order valence-corrected chi connectivity index (χ3v) is 3.77. The first-order valence-electron chi connectivity index (χ1n) is 6.99. The highest BCUT2D eigenvalue weighted by Crippen LogP contribution is 2.19. The maximum atomic E-state index is 11.9. The molecule has 4 N–H and O–H groups in total. The molecule has 1 aromatic rings. The van der Waals surface area contributed by atoms with E-state index >= 15 is 0 Å². The van der Waals surface area contributed by atoms with E-state index in [-0.39, 0.29) is 12.3 Å². The average Bonchev–Trinajstić information content (AvgIpc) is 2.45. The molecule has 1 atom stereocenters. The minimum absolute atomic E-state index is 0.167. The fourth-order valence-corrected chi connectivity index (χ4v) is 2.22. The lowest BCUT2D eigenvalue weighted by Crippen LogP contribution is -2.26. The molecule has 0 bridgehead atoms. The Hall–Kier alpha value is -1.75. The molecule has 0 saturated carbocycles. The minimum Gasteiger partial charge on any atom is -0.481 e. The molecule has 0 aromatic heterocycles. The Bertz CT molecular complexity index is 506. The van der Waals surface area contributed by atoms with Gasteiger partial charge in [0.15, 0.2) is 0 Å². The Morgan fingerprint density at radius 2 is 2.10 bits per heavy atom. The van der Waals surface area contributed by atoms with Crippen molar-refractivity contribution in [2.45, 2.75) is 32.6 Å². The van der Waals surface area contributed by atoms with E-state index in [1.54, 1.807) is 12.1 Å². The second-order valence-corrected chi connectivity index (χ2v) is 5.39. The Morgan fingerprint density at radius 1 is 1.38 bits per heavy atom. The molecule has 0 spiro atoms. The average molecular weight is 313 g/mol. The zero-order chi connectivity index (χ0) is 15.8. The van der Waals surface area contributed by atoms with Crippen molar-refractivity contribution < 1.29 is 14.7 Å². The molecule has 1 unspecified atom stereocenters. The summed E-state index contributed by atoms with van der Waals surface area (Å²) >= 11 is 5.88. The van der Waals surface area contributed by atoms with Crippen molar-refractivity contribution in [2.75, 3.05) is 12.3 Å². The van der Waals surface area contributed by atoms with Crippen LogP contribution in [0.5, 0.6) is 0 Å². The maximum absolute atomic E-state index is 11.9. The van der Waals surface area contributed by atoms with Crippen LogP contribution in [0.3, 0.4) is 0 Å². The molecule has 1 rings (SSSR count). The van der Waals surface area contributed by atoms with Crippen LogP contribution >= 0.6 is 11.6 Å². The molecule has 0 aliphatic heterocycles. The number of amides is 1. The van der Waals surface area contributed by atoms with Gasteiger partial charge in [-0.3, -0.25) is 9.59 Å². The second-order valence-electron chi connectivity index (χ2n) is 4.99. The van der Waals surface area contributed by atoms with Crippen molar-refractivity contribution in [1.82, 2.24) is 5.32 Å². The number of nitrogens with two attached hydrogens (primary N) is 1. The van der Waals surface area contributed by atoms with Gasteiger partial charge in [-0.1, -0.05) is 24.9 Å². The van der Waals surface area contributed by atoms with Crippen LogP contribution in [-0.4, -0.2) is 23.5 Å². The topological polar surface area (TPSA) is 92.4 Å². The number of anilines is 1. The monoisotopic (exact) mass is 312 g/mol. The first-order valence-corrected chi connectivity index (χ1v) is 7.36. The van der Waals surface area contributed by atoms with Crippen LogP contribution in [0.1, 0.15) is 43.0 Å². The van der Waals surface area contributed by atoms with Gasteiger partial charge in [0.2, 0.25) is 0 Å². The second kappa shape index (κ2) is 8.52. The number of benzene rings is 1. The van der Waals surface area contributed by atoms with Crippen LogP contribution in [0.15, 0.2) is 18.2 Å². The molecule has 5 nitrogen and oxygen atoms in total. The molecule has 21 heavy (non-hydrogen) atoms. The van der Waals surface area contributed by atoms with Gasteiger partial charge in [0.1, 0.15) is 0 Å². The smallest absolute Gasteiger partial charge is 0.303 e. The van der Waals surface area contributed by atoms with Gasteiger partial charge in [-0.15, -0.1) is 0 Å². The normalized spacial score (nSPS) is 11.9. The van der Waals surface area contributed by atoms with Crippen molar-refractivity contribution in [3.63, 3.8) is 0 Å². The first-order chi connectivity index (χ1) is 9.93. The molecule has 0 fully saturated rings. The van der Waals surface area contributed by atoms with E-state index in [1.165, 1.54) is 6.07 Å². The number of nitrogen functional groups attached to an aromatic ring is 1.